The number of aryl methyl sites for hydroxylation is 1. The van der Waals surface area contributed by atoms with Crippen LogP contribution in [-0.2, 0) is 6.42 Å². The van der Waals surface area contributed by atoms with Crippen LogP contribution in [0.2, 0.25) is 0 Å². The second-order valence-corrected chi connectivity index (χ2v) is 7.08. The van der Waals surface area contributed by atoms with Crippen molar-refractivity contribution in [1.82, 2.24) is 5.32 Å². The molecule has 0 aliphatic heterocycles. The third-order valence-electron chi connectivity index (χ3n) is 4.63. The molecule has 1 aliphatic carbocycles. The van der Waals surface area contributed by atoms with Gasteiger partial charge in [-0.15, -0.1) is 0 Å². The predicted octanol–water partition coefficient (Wildman–Crippen LogP) is 4.80. The first-order valence-corrected chi connectivity index (χ1v) is 8.47. The molecule has 2 heteroatoms. The Morgan fingerprint density at radius 2 is 2.05 bits per heavy atom. The highest BCUT2D eigenvalue weighted by atomic mass is 16.5. The van der Waals surface area contributed by atoms with E-state index in [1.807, 2.05) is 0 Å². The number of ether oxygens (including phenoxy) is 1. The largest absolute Gasteiger partial charge is 0.494 e. The van der Waals surface area contributed by atoms with Crippen molar-refractivity contribution in [2.75, 3.05) is 13.2 Å². The van der Waals surface area contributed by atoms with Gasteiger partial charge in [0.25, 0.3) is 0 Å². The van der Waals surface area contributed by atoms with Crippen LogP contribution in [0.5, 0.6) is 5.75 Å². The van der Waals surface area contributed by atoms with Crippen LogP contribution < -0.4 is 10.1 Å². The Morgan fingerprint density at radius 1 is 1.29 bits per heavy atom. The lowest BCUT2D eigenvalue weighted by molar-refractivity contribution is 0.273. The maximum atomic E-state index is 5.91. The maximum absolute atomic E-state index is 5.91. The van der Waals surface area contributed by atoms with Crippen molar-refractivity contribution < 1.29 is 4.74 Å². The molecule has 2 rings (SSSR count). The van der Waals surface area contributed by atoms with Crippen LogP contribution in [-0.4, -0.2) is 13.2 Å². The van der Waals surface area contributed by atoms with Crippen LogP contribution in [0.1, 0.15) is 69.7 Å². The van der Waals surface area contributed by atoms with Gasteiger partial charge >= 0.3 is 0 Å². The molecular weight excluding hydrogens is 258 g/mol. The lowest BCUT2D eigenvalue weighted by Crippen LogP contribution is -2.27. The normalized spacial score (nSPS) is 20.7. The van der Waals surface area contributed by atoms with E-state index in [2.05, 4.69) is 52.1 Å². The van der Waals surface area contributed by atoms with Crippen molar-refractivity contribution in [1.29, 1.82) is 0 Å². The number of benzene rings is 1. The summed E-state index contributed by atoms with van der Waals surface area (Å²) in [6.07, 6.45) is 4.74. The third kappa shape index (κ3) is 3.79. The summed E-state index contributed by atoms with van der Waals surface area (Å²) in [5.41, 5.74) is 4.72. The SMILES string of the molecule is CCCNC1CC(C)(C)CCc2c(OCC)ccc(C)c21. The fraction of sp³-hybridized carbons (Fsp3) is 0.684. The maximum Gasteiger partial charge on any atom is 0.122 e. The van der Waals surface area contributed by atoms with Crippen LogP contribution >= 0.6 is 0 Å². The Bertz CT molecular complexity index is 479. The van der Waals surface area contributed by atoms with Crippen molar-refractivity contribution in [2.45, 2.75) is 66.3 Å². The van der Waals surface area contributed by atoms with Gasteiger partial charge in [-0.2, -0.15) is 0 Å². The topological polar surface area (TPSA) is 21.3 Å². The molecule has 118 valence electrons. The van der Waals surface area contributed by atoms with Crippen molar-refractivity contribution in [3.05, 3.63) is 28.8 Å². The quantitative estimate of drug-likeness (QED) is 0.786. The third-order valence-corrected chi connectivity index (χ3v) is 4.63. The van der Waals surface area contributed by atoms with Crippen molar-refractivity contribution >= 4 is 0 Å². The van der Waals surface area contributed by atoms with E-state index in [9.17, 15) is 0 Å². The Morgan fingerprint density at radius 3 is 2.71 bits per heavy atom. The van der Waals surface area contributed by atoms with E-state index in [0.717, 1.165) is 25.3 Å². The first kappa shape index (κ1) is 16.4. The number of hydrogen-bond acceptors (Lipinski definition) is 2. The fourth-order valence-electron chi connectivity index (χ4n) is 3.51. The van der Waals surface area contributed by atoms with E-state index >= 15 is 0 Å². The van der Waals surface area contributed by atoms with Gasteiger partial charge in [0.1, 0.15) is 5.75 Å². The summed E-state index contributed by atoms with van der Waals surface area (Å²) >= 11 is 0. The summed E-state index contributed by atoms with van der Waals surface area (Å²) in [5.74, 6) is 1.10. The molecule has 0 fully saturated rings. The monoisotopic (exact) mass is 289 g/mol. The molecule has 0 aromatic heterocycles. The lowest BCUT2D eigenvalue weighted by Gasteiger charge is -2.28. The molecule has 1 unspecified atom stereocenters. The highest BCUT2D eigenvalue weighted by Gasteiger charge is 2.31. The van der Waals surface area contributed by atoms with Crippen molar-refractivity contribution in [2.24, 2.45) is 5.41 Å². The highest BCUT2D eigenvalue weighted by molar-refractivity contribution is 5.47. The van der Waals surface area contributed by atoms with Crippen LogP contribution in [0.4, 0.5) is 0 Å². The average Bonchev–Trinajstić information content (AvgIpc) is 2.57. The van der Waals surface area contributed by atoms with Gasteiger partial charge in [0.05, 0.1) is 6.61 Å². The number of hydrogen-bond donors (Lipinski definition) is 1. The van der Waals surface area contributed by atoms with E-state index < -0.39 is 0 Å². The molecular formula is C19H31NO. The molecule has 1 aromatic carbocycles. The molecule has 0 radical (unpaired) electrons. The van der Waals surface area contributed by atoms with E-state index in [0.29, 0.717) is 11.5 Å². The lowest BCUT2D eigenvalue weighted by atomic mass is 9.82. The minimum absolute atomic E-state index is 0.375. The van der Waals surface area contributed by atoms with E-state index in [4.69, 9.17) is 4.74 Å². The van der Waals surface area contributed by atoms with Gasteiger partial charge in [0.15, 0.2) is 0 Å². The van der Waals surface area contributed by atoms with Gasteiger partial charge in [-0.3, -0.25) is 0 Å². The Labute approximate surface area is 130 Å². The fourth-order valence-corrected chi connectivity index (χ4v) is 3.51. The summed E-state index contributed by atoms with van der Waals surface area (Å²) in [7, 11) is 0. The smallest absolute Gasteiger partial charge is 0.122 e. The molecule has 21 heavy (non-hydrogen) atoms. The van der Waals surface area contributed by atoms with Crippen molar-refractivity contribution in [3.63, 3.8) is 0 Å². The first-order valence-electron chi connectivity index (χ1n) is 8.47. The van der Waals surface area contributed by atoms with E-state index in [-0.39, 0.29) is 0 Å². The minimum atomic E-state index is 0.375. The molecule has 1 aromatic rings. The Hall–Kier alpha value is -1.02. The van der Waals surface area contributed by atoms with Gasteiger partial charge in [-0.1, -0.05) is 26.8 Å². The first-order chi connectivity index (χ1) is 9.98. The summed E-state index contributed by atoms with van der Waals surface area (Å²) in [6.45, 7) is 13.2. The second-order valence-electron chi connectivity index (χ2n) is 7.08. The zero-order valence-electron chi connectivity index (χ0n) is 14.4. The summed E-state index contributed by atoms with van der Waals surface area (Å²) in [5, 5.41) is 3.78. The predicted molar refractivity (Wildman–Crippen MR) is 90.1 cm³/mol. The molecule has 0 saturated carbocycles. The minimum Gasteiger partial charge on any atom is -0.494 e. The van der Waals surface area contributed by atoms with Gasteiger partial charge in [-0.05, 0) is 74.2 Å². The van der Waals surface area contributed by atoms with Crippen LogP contribution in [0.3, 0.4) is 0 Å². The Kier molecular flexibility index (Phi) is 5.32. The van der Waals surface area contributed by atoms with Gasteiger partial charge in [0, 0.05) is 6.04 Å². The van der Waals surface area contributed by atoms with E-state index in [1.54, 1.807) is 0 Å². The van der Waals surface area contributed by atoms with Crippen LogP contribution in [0.15, 0.2) is 12.1 Å². The summed E-state index contributed by atoms with van der Waals surface area (Å²) < 4.78 is 5.91. The zero-order valence-corrected chi connectivity index (χ0v) is 14.4. The molecule has 1 aliphatic rings. The zero-order chi connectivity index (χ0) is 15.5. The highest BCUT2D eigenvalue weighted by Crippen LogP contribution is 2.43. The van der Waals surface area contributed by atoms with Gasteiger partial charge in [-0.25, -0.2) is 0 Å². The van der Waals surface area contributed by atoms with Gasteiger partial charge < -0.3 is 10.1 Å². The molecule has 1 N–H and O–H groups in total. The summed E-state index contributed by atoms with van der Waals surface area (Å²) in [6, 6.07) is 4.84. The molecule has 0 amide bonds. The standard InChI is InChI=1S/C19H31NO/c1-6-12-20-16-13-19(4,5)11-10-15-17(21-7-2)9-8-14(3)18(15)16/h8-9,16,20H,6-7,10-13H2,1-5H3. The Balaban J connectivity index is 2.45. The van der Waals surface area contributed by atoms with Gasteiger partial charge in [0.2, 0.25) is 0 Å². The number of fused-ring (bicyclic) bond motifs is 1. The molecule has 0 saturated heterocycles. The van der Waals surface area contributed by atoms with E-state index in [1.165, 1.54) is 36.0 Å². The van der Waals surface area contributed by atoms with Crippen molar-refractivity contribution in [3.8, 4) is 5.75 Å². The number of rotatable bonds is 5. The molecule has 0 heterocycles. The average molecular weight is 289 g/mol. The molecule has 0 bridgehead atoms. The summed E-state index contributed by atoms with van der Waals surface area (Å²) in [4.78, 5) is 0. The molecule has 0 spiro atoms. The van der Waals surface area contributed by atoms with Crippen LogP contribution in [0.25, 0.3) is 0 Å². The molecule has 2 nitrogen and oxygen atoms in total. The van der Waals surface area contributed by atoms with Crippen LogP contribution in [0, 0.1) is 12.3 Å². The molecule has 1 atom stereocenters. The number of nitrogens with one attached hydrogen (secondary N) is 1. The second kappa shape index (κ2) is 6.83.